The van der Waals surface area contributed by atoms with Crippen LogP contribution in [0.25, 0.3) is 11.4 Å². The first-order chi connectivity index (χ1) is 17.2. The van der Waals surface area contributed by atoms with E-state index < -0.39 is 11.7 Å². The predicted octanol–water partition coefficient (Wildman–Crippen LogP) is 3.97. The van der Waals surface area contributed by atoms with E-state index in [0.717, 1.165) is 35.0 Å². The lowest BCUT2D eigenvalue weighted by Gasteiger charge is -2.45. The highest BCUT2D eigenvalue weighted by Gasteiger charge is 2.34. The Labute approximate surface area is 207 Å². The molecular weight excluding hydrogens is 469 g/mol. The number of hydrogen-bond donors (Lipinski definition) is 1. The van der Waals surface area contributed by atoms with Crippen LogP contribution in [0.1, 0.15) is 30.8 Å². The van der Waals surface area contributed by atoms with Gasteiger partial charge in [-0.1, -0.05) is 30.3 Å². The van der Waals surface area contributed by atoms with Crippen molar-refractivity contribution in [3.8, 4) is 11.4 Å². The number of aromatic amines is 1. The van der Waals surface area contributed by atoms with Gasteiger partial charge in [0.15, 0.2) is 0 Å². The number of carbonyl (C=O) groups is 1. The van der Waals surface area contributed by atoms with E-state index in [1.165, 1.54) is 6.07 Å². The fourth-order valence-electron chi connectivity index (χ4n) is 5.09. The van der Waals surface area contributed by atoms with Crippen molar-refractivity contribution in [1.29, 1.82) is 0 Å². The Kier molecular flexibility index (Phi) is 6.46. The topological polar surface area (TPSA) is 68.4 Å². The maximum atomic E-state index is 13.2. The van der Waals surface area contributed by atoms with Gasteiger partial charge in [0.05, 0.1) is 30.0 Å². The maximum absolute atomic E-state index is 13.2. The first-order valence-electron chi connectivity index (χ1n) is 12.1. The SMILES string of the molecule is CC1CN(c2ccc(C(F)(F)F)cn2)CC(C)N1CC(=O)N1CCc2nc(-c3ccccc3)[nH]c2C1. The number of aromatic nitrogens is 3. The molecule has 2 unspecified atom stereocenters. The minimum atomic E-state index is -4.40. The fraction of sp³-hybridized carbons (Fsp3) is 0.423. The van der Waals surface area contributed by atoms with E-state index in [4.69, 9.17) is 4.98 Å². The van der Waals surface area contributed by atoms with Crippen molar-refractivity contribution in [1.82, 2.24) is 24.8 Å². The molecule has 0 saturated carbocycles. The van der Waals surface area contributed by atoms with Crippen LogP contribution >= 0.6 is 0 Å². The van der Waals surface area contributed by atoms with Crippen LogP contribution in [0.5, 0.6) is 0 Å². The zero-order valence-corrected chi connectivity index (χ0v) is 20.3. The molecule has 2 aromatic heterocycles. The summed E-state index contributed by atoms with van der Waals surface area (Å²) in [4.78, 5) is 31.4. The number of benzene rings is 1. The second-order valence-electron chi connectivity index (χ2n) is 9.62. The molecule has 0 bridgehead atoms. The number of pyridine rings is 1. The highest BCUT2D eigenvalue weighted by molar-refractivity contribution is 5.78. The molecule has 3 aromatic rings. The summed E-state index contributed by atoms with van der Waals surface area (Å²) in [6.07, 6.45) is -2.81. The molecule has 0 spiro atoms. The van der Waals surface area contributed by atoms with Crippen molar-refractivity contribution in [3.63, 3.8) is 0 Å². The average Bonchev–Trinajstić information content (AvgIpc) is 3.30. The van der Waals surface area contributed by atoms with Gasteiger partial charge in [0, 0.05) is 49.9 Å². The van der Waals surface area contributed by atoms with Crippen molar-refractivity contribution in [3.05, 3.63) is 65.6 Å². The Morgan fingerprint density at radius 2 is 1.81 bits per heavy atom. The van der Waals surface area contributed by atoms with Gasteiger partial charge in [0.25, 0.3) is 0 Å². The molecule has 1 fully saturated rings. The molecule has 36 heavy (non-hydrogen) atoms. The summed E-state index contributed by atoms with van der Waals surface area (Å²) < 4.78 is 38.6. The van der Waals surface area contributed by atoms with Crippen LogP contribution in [0.15, 0.2) is 48.7 Å². The van der Waals surface area contributed by atoms with Gasteiger partial charge in [-0.05, 0) is 26.0 Å². The number of piperazine rings is 1. The zero-order valence-electron chi connectivity index (χ0n) is 20.3. The molecule has 7 nitrogen and oxygen atoms in total. The molecule has 4 heterocycles. The number of H-pyrrole nitrogens is 1. The van der Waals surface area contributed by atoms with Gasteiger partial charge in [-0.25, -0.2) is 9.97 Å². The van der Waals surface area contributed by atoms with Crippen molar-refractivity contribution in [2.45, 2.75) is 45.1 Å². The number of carbonyl (C=O) groups excluding carboxylic acids is 1. The van der Waals surface area contributed by atoms with E-state index in [-0.39, 0.29) is 18.0 Å². The number of halogens is 3. The van der Waals surface area contributed by atoms with E-state index in [0.29, 0.717) is 45.0 Å². The molecule has 1 saturated heterocycles. The van der Waals surface area contributed by atoms with Crippen LogP contribution in [0.2, 0.25) is 0 Å². The third-order valence-corrected chi connectivity index (χ3v) is 7.05. The number of fused-ring (bicyclic) bond motifs is 1. The number of nitrogens with one attached hydrogen (secondary N) is 1. The van der Waals surface area contributed by atoms with Crippen LogP contribution in [-0.4, -0.2) is 68.9 Å². The molecule has 0 aliphatic carbocycles. The Bertz CT molecular complexity index is 1200. The summed E-state index contributed by atoms with van der Waals surface area (Å²) in [5, 5.41) is 0. The van der Waals surface area contributed by atoms with Crippen molar-refractivity contribution >= 4 is 11.7 Å². The molecule has 2 aliphatic rings. The van der Waals surface area contributed by atoms with Gasteiger partial charge >= 0.3 is 6.18 Å². The minimum Gasteiger partial charge on any atom is -0.354 e. The summed E-state index contributed by atoms with van der Waals surface area (Å²) >= 11 is 0. The zero-order chi connectivity index (χ0) is 25.4. The van der Waals surface area contributed by atoms with Crippen molar-refractivity contribution < 1.29 is 18.0 Å². The molecular formula is C26H29F3N6O. The van der Waals surface area contributed by atoms with Crippen LogP contribution in [0.4, 0.5) is 19.0 Å². The summed E-state index contributed by atoms with van der Waals surface area (Å²) in [6.45, 7) is 6.67. The van der Waals surface area contributed by atoms with E-state index in [9.17, 15) is 18.0 Å². The van der Waals surface area contributed by atoms with Crippen LogP contribution < -0.4 is 4.90 Å². The highest BCUT2D eigenvalue weighted by Crippen LogP contribution is 2.30. The smallest absolute Gasteiger partial charge is 0.354 e. The number of rotatable bonds is 4. The number of amides is 1. The van der Waals surface area contributed by atoms with Gasteiger partial charge in [-0.2, -0.15) is 13.2 Å². The first kappa shape index (κ1) is 24.3. The number of imidazole rings is 1. The van der Waals surface area contributed by atoms with E-state index >= 15 is 0 Å². The summed E-state index contributed by atoms with van der Waals surface area (Å²) in [7, 11) is 0. The van der Waals surface area contributed by atoms with Crippen molar-refractivity contribution in [2.75, 3.05) is 31.1 Å². The molecule has 1 aromatic carbocycles. The van der Waals surface area contributed by atoms with Crippen LogP contribution in [-0.2, 0) is 23.9 Å². The molecule has 190 valence electrons. The lowest BCUT2D eigenvalue weighted by molar-refractivity contribution is -0.138. The number of anilines is 1. The normalized spacial score (nSPS) is 20.9. The van der Waals surface area contributed by atoms with E-state index in [1.54, 1.807) is 0 Å². The molecule has 1 amide bonds. The Balaban J connectivity index is 1.21. The molecule has 5 rings (SSSR count). The van der Waals surface area contributed by atoms with Gasteiger partial charge in [0.1, 0.15) is 11.6 Å². The third-order valence-electron chi connectivity index (χ3n) is 7.05. The lowest BCUT2D eigenvalue weighted by atomic mass is 10.1. The van der Waals surface area contributed by atoms with Gasteiger partial charge in [-0.15, -0.1) is 0 Å². The van der Waals surface area contributed by atoms with Gasteiger partial charge in [0.2, 0.25) is 5.91 Å². The van der Waals surface area contributed by atoms with E-state index in [1.807, 2.05) is 54.0 Å². The highest BCUT2D eigenvalue weighted by atomic mass is 19.4. The largest absolute Gasteiger partial charge is 0.417 e. The second-order valence-corrected chi connectivity index (χ2v) is 9.62. The molecule has 1 N–H and O–H groups in total. The number of hydrogen-bond acceptors (Lipinski definition) is 5. The standard InChI is InChI=1S/C26H29F3N6O/c1-17-13-34(23-9-8-20(12-30-23)26(27,28)29)14-18(2)35(17)16-24(36)33-11-10-21-22(15-33)32-25(31-21)19-6-4-3-5-7-19/h3-9,12,17-18H,10-11,13-16H2,1-2H3,(H,31,32). The third kappa shape index (κ3) is 4.95. The molecule has 2 aliphatic heterocycles. The van der Waals surface area contributed by atoms with Crippen LogP contribution in [0, 0.1) is 0 Å². The molecule has 2 atom stereocenters. The Hall–Kier alpha value is -3.40. The van der Waals surface area contributed by atoms with Gasteiger partial charge < -0.3 is 14.8 Å². The van der Waals surface area contributed by atoms with Crippen LogP contribution in [0.3, 0.4) is 0 Å². The quantitative estimate of drug-likeness (QED) is 0.590. The molecule has 0 radical (unpaired) electrons. The van der Waals surface area contributed by atoms with E-state index in [2.05, 4.69) is 14.9 Å². The maximum Gasteiger partial charge on any atom is 0.417 e. The fourth-order valence-corrected chi connectivity index (χ4v) is 5.09. The monoisotopic (exact) mass is 498 g/mol. The molecule has 10 heteroatoms. The summed E-state index contributed by atoms with van der Waals surface area (Å²) in [6, 6.07) is 12.5. The lowest BCUT2D eigenvalue weighted by Crippen LogP contribution is -2.59. The first-order valence-corrected chi connectivity index (χ1v) is 12.1. The second kappa shape index (κ2) is 9.57. The number of nitrogens with zero attached hydrogens (tertiary/aromatic N) is 5. The Morgan fingerprint density at radius 1 is 1.08 bits per heavy atom. The predicted molar refractivity (Wildman–Crippen MR) is 130 cm³/mol. The minimum absolute atomic E-state index is 0.0407. The summed E-state index contributed by atoms with van der Waals surface area (Å²) in [5.41, 5.74) is 2.26. The Morgan fingerprint density at radius 3 is 2.44 bits per heavy atom. The van der Waals surface area contributed by atoms with Gasteiger partial charge in [-0.3, -0.25) is 9.69 Å². The summed E-state index contributed by atoms with van der Waals surface area (Å²) in [5.74, 6) is 1.41. The number of alkyl halides is 3. The average molecular weight is 499 g/mol. The van der Waals surface area contributed by atoms with Crippen molar-refractivity contribution in [2.24, 2.45) is 0 Å².